The molecular formula is C9H19NO5Ru. The molecule has 0 unspecified atom stereocenters. The largest absolute Gasteiger partial charge is 0.512 e. The summed E-state index contributed by atoms with van der Waals surface area (Å²) < 4.78 is 0. The van der Waals surface area contributed by atoms with Gasteiger partial charge in [0.15, 0.2) is 5.78 Å². The van der Waals surface area contributed by atoms with E-state index >= 15 is 0 Å². The second kappa shape index (κ2) is 11.2. The number of nitrogens with two attached hydrogens (primary N) is 1. The van der Waals surface area contributed by atoms with E-state index in [-0.39, 0.29) is 31.0 Å². The standard InChI is InChI=1S/C5H8O2.C4H11NO3.Ru/c1-4(6)3-5(2)7;5-4(1-6,2-7)3-8;/h3,6H,1-2H3;6-8H,1-3,5H2;/b4-3-;;. The summed E-state index contributed by atoms with van der Waals surface area (Å²) >= 11 is 0. The Morgan fingerprint density at radius 2 is 1.50 bits per heavy atom. The summed E-state index contributed by atoms with van der Waals surface area (Å²) in [7, 11) is 0. The summed E-state index contributed by atoms with van der Waals surface area (Å²) in [5, 5.41) is 33.4. The van der Waals surface area contributed by atoms with Gasteiger partial charge in [-0.15, -0.1) is 0 Å². The zero-order chi connectivity index (χ0) is 12.5. The van der Waals surface area contributed by atoms with Crippen molar-refractivity contribution in [2.75, 3.05) is 19.8 Å². The van der Waals surface area contributed by atoms with Crippen molar-refractivity contribution < 1.29 is 44.7 Å². The van der Waals surface area contributed by atoms with E-state index in [4.69, 9.17) is 26.2 Å². The molecule has 0 saturated carbocycles. The zero-order valence-corrected chi connectivity index (χ0v) is 11.1. The topological polar surface area (TPSA) is 124 Å². The maximum absolute atomic E-state index is 10.0. The second-order valence-corrected chi connectivity index (χ2v) is 3.23. The second-order valence-electron chi connectivity index (χ2n) is 3.23. The van der Waals surface area contributed by atoms with E-state index in [1.54, 1.807) is 0 Å². The number of ketones is 1. The number of aliphatic hydroxyl groups is 4. The third-order valence-electron chi connectivity index (χ3n) is 1.36. The van der Waals surface area contributed by atoms with Crippen LogP contribution in [0.25, 0.3) is 0 Å². The van der Waals surface area contributed by atoms with Gasteiger partial charge in [-0.2, -0.15) is 0 Å². The van der Waals surface area contributed by atoms with Gasteiger partial charge in [-0.05, 0) is 13.8 Å². The Morgan fingerprint density at radius 1 is 1.19 bits per heavy atom. The Hall–Kier alpha value is -0.327. The molecule has 0 fully saturated rings. The number of allylic oxidation sites excluding steroid dienone is 2. The van der Waals surface area contributed by atoms with Crippen LogP contribution < -0.4 is 5.73 Å². The van der Waals surface area contributed by atoms with Crippen molar-refractivity contribution in [1.29, 1.82) is 0 Å². The van der Waals surface area contributed by atoms with Gasteiger partial charge in [0.1, 0.15) is 0 Å². The molecule has 0 aromatic heterocycles. The molecule has 0 aliphatic rings. The Kier molecular flexibility index (Phi) is 14.7. The normalized spacial score (nSPS) is 11.0. The molecule has 6 nitrogen and oxygen atoms in total. The van der Waals surface area contributed by atoms with Crippen molar-refractivity contribution in [3.63, 3.8) is 0 Å². The van der Waals surface area contributed by atoms with Crippen LogP contribution in [0.15, 0.2) is 11.8 Å². The van der Waals surface area contributed by atoms with Gasteiger partial charge in [0.05, 0.1) is 31.1 Å². The summed E-state index contributed by atoms with van der Waals surface area (Å²) in [4.78, 5) is 10.0. The molecule has 0 aromatic rings. The Balaban J connectivity index is -0.000000200. The first-order valence-corrected chi connectivity index (χ1v) is 4.30. The minimum atomic E-state index is -1.21. The van der Waals surface area contributed by atoms with Crippen LogP contribution in [0, 0.1) is 0 Å². The molecule has 0 amide bonds. The van der Waals surface area contributed by atoms with E-state index in [1.165, 1.54) is 19.9 Å². The fraction of sp³-hybridized carbons (Fsp3) is 0.667. The van der Waals surface area contributed by atoms with Crippen LogP contribution in [-0.4, -0.2) is 51.6 Å². The van der Waals surface area contributed by atoms with E-state index in [9.17, 15) is 4.79 Å². The quantitative estimate of drug-likeness (QED) is 0.249. The molecule has 0 saturated heterocycles. The predicted octanol–water partition coefficient (Wildman–Crippen LogP) is -1.30. The Labute approximate surface area is 108 Å². The number of aliphatic hydroxyl groups excluding tert-OH is 4. The van der Waals surface area contributed by atoms with Gasteiger partial charge in [-0.3, -0.25) is 4.79 Å². The average molecular weight is 322 g/mol. The molecule has 0 radical (unpaired) electrons. The first kappa shape index (κ1) is 21.0. The fourth-order valence-corrected chi connectivity index (χ4v) is 0.444. The molecule has 7 heteroatoms. The van der Waals surface area contributed by atoms with Crippen LogP contribution in [-0.2, 0) is 24.3 Å². The van der Waals surface area contributed by atoms with Gasteiger partial charge in [0.2, 0.25) is 0 Å². The molecular weight excluding hydrogens is 303 g/mol. The van der Waals surface area contributed by atoms with Crippen molar-refractivity contribution >= 4 is 5.78 Å². The minimum absolute atomic E-state index is 0. The van der Waals surface area contributed by atoms with Gasteiger partial charge >= 0.3 is 0 Å². The molecule has 0 rings (SSSR count). The van der Waals surface area contributed by atoms with Gasteiger partial charge in [-0.25, -0.2) is 0 Å². The van der Waals surface area contributed by atoms with E-state index in [0.717, 1.165) is 0 Å². The van der Waals surface area contributed by atoms with E-state index < -0.39 is 25.4 Å². The average Bonchev–Trinajstić information content (AvgIpc) is 2.15. The SMILES string of the molecule is CC(=O)/C=C(/C)O.NC(CO)(CO)CO.[Ru]. The van der Waals surface area contributed by atoms with Crippen LogP contribution in [0.5, 0.6) is 0 Å². The van der Waals surface area contributed by atoms with Crippen LogP contribution >= 0.6 is 0 Å². The summed E-state index contributed by atoms with van der Waals surface area (Å²) in [6.45, 7) is 1.64. The maximum Gasteiger partial charge on any atom is 0.155 e. The van der Waals surface area contributed by atoms with Crippen LogP contribution in [0.4, 0.5) is 0 Å². The van der Waals surface area contributed by atoms with Crippen molar-refractivity contribution in [3.05, 3.63) is 11.8 Å². The first-order chi connectivity index (χ1) is 6.81. The zero-order valence-electron chi connectivity index (χ0n) is 9.33. The molecule has 0 bridgehead atoms. The summed E-state index contributed by atoms with van der Waals surface area (Å²) in [5.74, 6) is -0.0625. The molecule has 0 spiro atoms. The number of carbonyl (C=O) groups is 1. The molecule has 98 valence electrons. The molecule has 0 heterocycles. The van der Waals surface area contributed by atoms with Gasteiger partial charge in [0.25, 0.3) is 0 Å². The molecule has 16 heavy (non-hydrogen) atoms. The van der Waals surface area contributed by atoms with Gasteiger partial charge in [0, 0.05) is 25.6 Å². The number of hydrogen-bond acceptors (Lipinski definition) is 6. The van der Waals surface area contributed by atoms with Crippen LogP contribution in [0.1, 0.15) is 13.8 Å². The van der Waals surface area contributed by atoms with Crippen molar-refractivity contribution in [2.45, 2.75) is 19.4 Å². The van der Waals surface area contributed by atoms with Crippen molar-refractivity contribution in [1.82, 2.24) is 0 Å². The van der Waals surface area contributed by atoms with Crippen molar-refractivity contribution in [2.24, 2.45) is 5.73 Å². The number of carbonyl (C=O) groups excluding carboxylic acids is 1. The molecule has 0 atom stereocenters. The monoisotopic (exact) mass is 323 g/mol. The van der Waals surface area contributed by atoms with Gasteiger partial charge < -0.3 is 26.2 Å². The fourth-order valence-electron chi connectivity index (χ4n) is 0.444. The van der Waals surface area contributed by atoms with Gasteiger partial charge in [-0.1, -0.05) is 0 Å². The number of hydrogen-bond donors (Lipinski definition) is 5. The maximum atomic E-state index is 10.0. The van der Waals surface area contributed by atoms with E-state index in [0.29, 0.717) is 0 Å². The Bertz CT molecular complexity index is 204. The molecule has 6 N–H and O–H groups in total. The summed E-state index contributed by atoms with van der Waals surface area (Å²) in [6.07, 6.45) is 1.17. The molecule has 0 aliphatic heterocycles. The van der Waals surface area contributed by atoms with E-state index in [1.807, 2.05) is 0 Å². The predicted molar refractivity (Wildman–Crippen MR) is 55.2 cm³/mol. The van der Waals surface area contributed by atoms with E-state index in [2.05, 4.69) is 0 Å². The third-order valence-corrected chi connectivity index (χ3v) is 1.36. The smallest absolute Gasteiger partial charge is 0.155 e. The summed E-state index contributed by atoms with van der Waals surface area (Å²) in [5.41, 5.74) is 3.94. The minimum Gasteiger partial charge on any atom is -0.512 e. The third kappa shape index (κ3) is 13.7. The molecule has 0 aromatic carbocycles. The molecule has 0 aliphatic carbocycles. The van der Waals surface area contributed by atoms with Crippen LogP contribution in [0.2, 0.25) is 0 Å². The summed E-state index contributed by atoms with van der Waals surface area (Å²) in [6, 6.07) is 0. The van der Waals surface area contributed by atoms with Crippen molar-refractivity contribution in [3.8, 4) is 0 Å². The Morgan fingerprint density at radius 3 is 1.50 bits per heavy atom. The number of rotatable bonds is 4. The van der Waals surface area contributed by atoms with Crippen LogP contribution in [0.3, 0.4) is 0 Å². The first-order valence-electron chi connectivity index (χ1n) is 4.30.